The average molecular weight is 515 g/mol. The summed E-state index contributed by atoms with van der Waals surface area (Å²) >= 11 is 0. The first-order valence-corrected chi connectivity index (χ1v) is 13.4. The lowest BCUT2D eigenvalue weighted by Gasteiger charge is -2.25. The Labute approximate surface area is 218 Å². The largest absolute Gasteiger partial charge is 0.457 e. The molecule has 0 aromatic heterocycles. The van der Waals surface area contributed by atoms with Crippen molar-refractivity contribution in [3.05, 3.63) is 113 Å². The second kappa shape index (κ2) is 10.9. The van der Waals surface area contributed by atoms with Crippen molar-refractivity contribution in [1.29, 1.82) is 0 Å². The average Bonchev–Trinajstić information content (AvgIpc) is 2.86. The normalized spacial score (nSPS) is 11.1. The van der Waals surface area contributed by atoms with E-state index in [4.69, 9.17) is 4.74 Å². The minimum absolute atomic E-state index is 0.109. The number of anilines is 2. The number of amides is 1. The van der Waals surface area contributed by atoms with Gasteiger partial charge in [-0.15, -0.1) is 0 Å². The van der Waals surface area contributed by atoms with Crippen LogP contribution in [0.15, 0.2) is 95.9 Å². The van der Waals surface area contributed by atoms with Crippen molar-refractivity contribution in [2.45, 2.75) is 32.6 Å². The predicted octanol–water partition coefficient (Wildman–Crippen LogP) is 6.55. The Morgan fingerprint density at radius 1 is 0.757 bits per heavy atom. The summed E-state index contributed by atoms with van der Waals surface area (Å²) in [5, 5.41) is 2.91. The SMILES string of the molecule is Cc1ccc(S(=O)(=O)N(CC(=O)Nc2c(C)cc(C)cc2C)c2ccc(Oc3ccccc3)cc2)cc1. The molecule has 0 fully saturated rings. The van der Waals surface area contributed by atoms with E-state index in [-0.39, 0.29) is 11.4 Å². The summed E-state index contributed by atoms with van der Waals surface area (Å²) in [4.78, 5) is 13.3. The van der Waals surface area contributed by atoms with Crippen LogP contribution in [0.25, 0.3) is 0 Å². The second-order valence-corrected chi connectivity index (χ2v) is 10.9. The molecule has 0 saturated carbocycles. The van der Waals surface area contributed by atoms with Gasteiger partial charge in [0.2, 0.25) is 5.91 Å². The van der Waals surface area contributed by atoms with Gasteiger partial charge in [-0.25, -0.2) is 8.42 Å². The summed E-state index contributed by atoms with van der Waals surface area (Å²) < 4.78 is 34.4. The highest BCUT2D eigenvalue weighted by molar-refractivity contribution is 7.92. The van der Waals surface area contributed by atoms with E-state index in [0.29, 0.717) is 22.9 Å². The number of nitrogens with one attached hydrogen (secondary N) is 1. The lowest BCUT2D eigenvalue weighted by Crippen LogP contribution is -2.38. The molecule has 0 aliphatic heterocycles. The molecule has 1 amide bonds. The third-order valence-electron chi connectivity index (χ3n) is 5.94. The maximum absolute atomic E-state index is 13.7. The van der Waals surface area contributed by atoms with Crippen LogP contribution in [-0.4, -0.2) is 20.9 Å². The highest BCUT2D eigenvalue weighted by atomic mass is 32.2. The molecule has 0 atom stereocenters. The fraction of sp³-hybridized carbons (Fsp3) is 0.167. The fourth-order valence-electron chi connectivity index (χ4n) is 4.14. The van der Waals surface area contributed by atoms with Crippen molar-refractivity contribution in [2.24, 2.45) is 0 Å². The van der Waals surface area contributed by atoms with Gasteiger partial charge in [-0.1, -0.05) is 53.6 Å². The van der Waals surface area contributed by atoms with Crippen molar-refractivity contribution in [3.8, 4) is 11.5 Å². The summed E-state index contributed by atoms with van der Waals surface area (Å²) in [6.45, 7) is 7.33. The maximum atomic E-state index is 13.7. The van der Waals surface area contributed by atoms with E-state index in [1.165, 1.54) is 0 Å². The number of sulfonamides is 1. The number of hydrogen-bond acceptors (Lipinski definition) is 4. The first-order valence-electron chi connectivity index (χ1n) is 11.9. The fourth-order valence-corrected chi connectivity index (χ4v) is 5.57. The van der Waals surface area contributed by atoms with Crippen LogP contribution in [0.3, 0.4) is 0 Å². The Kier molecular flexibility index (Phi) is 7.64. The Morgan fingerprint density at radius 2 is 1.32 bits per heavy atom. The molecule has 1 N–H and O–H groups in total. The van der Waals surface area contributed by atoms with Crippen molar-refractivity contribution < 1.29 is 17.9 Å². The van der Waals surface area contributed by atoms with Gasteiger partial charge in [-0.05, 0) is 87.4 Å². The maximum Gasteiger partial charge on any atom is 0.264 e. The summed E-state index contributed by atoms with van der Waals surface area (Å²) in [7, 11) is -4.03. The standard InChI is InChI=1S/C30H30N2O4S/c1-21-10-16-28(17-11-21)37(34,35)32(20-29(33)31-30-23(3)18-22(2)19-24(30)4)25-12-14-27(15-13-25)36-26-8-6-5-7-9-26/h5-19H,20H2,1-4H3,(H,31,33). The highest BCUT2D eigenvalue weighted by Crippen LogP contribution is 2.29. The van der Waals surface area contributed by atoms with E-state index in [2.05, 4.69) is 5.32 Å². The van der Waals surface area contributed by atoms with Crippen molar-refractivity contribution in [2.75, 3.05) is 16.2 Å². The molecule has 0 bridgehead atoms. The monoisotopic (exact) mass is 514 g/mol. The first kappa shape index (κ1) is 26.0. The molecule has 190 valence electrons. The van der Waals surface area contributed by atoms with Gasteiger partial charge < -0.3 is 10.1 Å². The van der Waals surface area contributed by atoms with Crippen LogP contribution in [0.2, 0.25) is 0 Å². The Hall–Kier alpha value is -4.10. The minimum atomic E-state index is -4.03. The van der Waals surface area contributed by atoms with Gasteiger partial charge >= 0.3 is 0 Å². The van der Waals surface area contributed by atoms with Gasteiger partial charge in [0.25, 0.3) is 10.0 Å². The number of ether oxygens (including phenoxy) is 1. The van der Waals surface area contributed by atoms with Crippen molar-refractivity contribution in [3.63, 3.8) is 0 Å². The van der Waals surface area contributed by atoms with E-state index in [1.54, 1.807) is 48.5 Å². The molecule has 4 rings (SSSR count). The molecule has 7 heteroatoms. The van der Waals surface area contributed by atoms with E-state index in [1.807, 2.05) is 70.2 Å². The number of aryl methyl sites for hydroxylation is 4. The van der Waals surface area contributed by atoms with Gasteiger partial charge in [-0.2, -0.15) is 0 Å². The quantitative estimate of drug-likeness (QED) is 0.289. The lowest BCUT2D eigenvalue weighted by molar-refractivity contribution is -0.114. The van der Waals surface area contributed by atoms with Crippen molar-refractivity contribution >= 4 is 27.3 Å². The number of nitrogens with zero attached hydrogens (tertiary/aromatic N) is 1. The van der Waals surface area contributed by atoms with Crippen LogP contribution in [0.1, 0.15) is 22.3 Å². The first-order chi connectivity index (χ1) is 17.6. The number of hydrogen-bond donors (Lipinski definition) is 1. The van der Waals surface area contributed by atoms with Crippen molar-refractivity contribution in [1.82, 2.24) is 0 Å². The molecule has 0 unspecified atom stereocenters. The number of rotatable bonds is 8. The van der Waals surface area contributed by atoms with Crippen LogP contribution in [0.4, 0.5) is 11.4 Å². The second-order valence-electron chi connectivity index (χ2n) is 9.06. The zero-order chi connectivity index (χ0) is 26.6. The molecule has 4 aromatic rings. The number of carbonyl (C=O) groups is 1. The molecule has 6 nitrogen and oxygen atoms in total. The van der Waals surface area contributed by atoms with Crippen LogP contribution in [-0.2, 0) is 14.8 Å². The van der Waals surface area contributed by atoms with E-state index >= 15 is 0 Å². The summed E-state index contributed by atoms with van der Waals surface area (Å²) in [5.74, 6) is 0.788. The third-order valence-corrected chi connectivity index (χ3v) is 7.73. The molecule has 0 radical (unpaired) electrons. The third kappa shape index (κ3) is 6.19. The van der Waals surface area contributed by atoms with Gasteiger partial charge in [0.1, 0.15) is 18.0 Å². The predicted molar refractivity (Wildman–Crippen MR) is 148 cm³/mol. The molecular weight excluding hydrogens is 484 g/mol. The summed E-state index contributed by atoms with van der Waals surface area (Å²) in [6, 6.07) is 26.5. The molecule has 0 spiro atoms. The van der Waals surface area contributed by atoms with Gasteiger partial charge in [0.05, 0.1) is 10.6 Å². The number of para-hydroxylation sites is 1. The smallest absolute Gasteiger partial charge is 0.264 e. The molecule has 4 aromatic carbocycles. The highest BCUT2D eigenvalue weighted by Gasteiger charge is 2.27. The number of benzene rings is 4. The van der Waals surface area contributed by atoms with Crippen LogP contribution >= 0.6 is 0 Å². The molecule has 0 aliphatic carbocycles. The summed E-state index contributed by atoms with van der Waals surface area (Å²) in [5.41, 5.74) is 4.91. The van der Waals surface area contributed by atoms with Crippen LogP contribution in [0, 0.1) is 27.7 Å². The van der Waals surface area contributed by atoms with E-state index in [0.717, 1.165) is 26.6 Å². The van der Waals surface area contributed by atoms with E-state index in [9.17, 15) is 13.2 Å². The molecule has 0 aliphatic rings. The zero-order valence-electron chi connectivity index (χ0n) is 21.4. The van der Waals surface area contributed by atoms with Crippen LogP contribution < -0.4 is 14.4 Å². The molecule has 0 saturated heterocycles. The lowest BCUT2D eigenvalue weighted by atomic mass is 10.1. The minimum Gasteiger partial charge on any atom is -0.457 e. The molecular formula is C30H30N2O4S. The van der Waals surface area contributed by atoms with Gasteiger partial charge in [0, 0.05) is 5.69 Å². The van der Waals surface area contributed by atoms with Crippen LogP contribution in [0.5, 0.6) is 11.5 Å². The number of carbonyl (C=O) groups excluding carboxylic acids is 1. The topological polar surface area (TPSA) is 75.7 Å². The Bertz CT molecular complexity index is 1470. The molecule has 0 heterocycles. The Morgan fingerprint density at radius 3 is 1.92 bits per heavy atom. The summed E-state index contributed by atoms with van der Waals surface area (Å²) in [6.07, 6.45) is 0. The van der Waals surface area contributed by atoms with Gasteiger partial charge in [0.15, 0.2) is 0 Å². The van der Waals surface area contributed by atoms with E-state index < -0.39 is 15.9 Å². The van der Waals surface area contributed by atoms with Gasteiger partial charge in [-0.3, -0.25) is 9.10 Å². The molecule has 37 heavy (non-hydrogen) atoms. The Balaban J connectivity index is 1.65. The zero-order valence-corrected chi connectivity index (χ0v) is 22.2.